The lowest BCUT2D eigenvalue weighted by Gasteiger charge is -2.37. The van der Waals surface area contributed by atoms with Gasteiger partial charge in [0.1, 0.15) is 0 Å². The maximum atomic E-state index is 6.48. The highest BCUT2D eigenvalue weighted by atomic mass is 35.5. The van der Waals surface area contributed by atoms with Crippen molar-refractivity contribution in [1.82, 2.24) is 0 Å². The van der Waals surface area contributed by atoms with Crippen molar-refractivity contribution in [2.75, 3.05) is 7.11 Å². The minimum absolute atomic E-state index is 0.0362. The van der Waals surface area contributed by atoms with Gasteiger partial charge in [0.25, 0.3) is 0 Å². The molecule has 3 heteroatoms. The van der Waals surface area contributed by atoms with Crippen LogP contribution in [0.2, 0.25) is 5.02 Å². The van der Waals surface area contributed by atoms with Gasteiger partial charge in [0.05, 0.1) is 5.60 Å². The zero-order chi connectivity index (χ0) is 13.7. The second-order valence-electron chi connectivity index (χ2n) is 5.62. The fraction of sp³-hybridized carbons (Fsp3) is 0.625. The summed E-state index contributed by atoms with van der Waals surface area (Å²) in [6.07, 6.45) is 8.02. The monoisotopic (exact) mass is 281 g/mol. The Morgan fingerprint density at radius 3 is 2.53 bits per heavy atom. The van der Waals surface area contributed by atoms with Gasteiger partial charge in [0.2, 0.25) is 0 Å². The topological polar surface area (TPSA) is 35.2 Å². The van der Waals surface area contributed by atoms with Crippen molar-refractivity contribution in [3.63, 3.8) is 0 Å². The molecule has 0 heterocycles. The van der Waals surface area contributed by atoms with Crippen molar-refractivity contribution in [2.45, 2.75) is 56.6 Å². The fourth-order valence-electron chi connectivity index (χ4n) is 3.16. The van der Waals surface area contributed by atoms with Crippen LogP contribution in [-0.4, -0.2) is 18.8 Å². The molecule has 0 aliphatic heterocycles. The van der Waals surface area contributed by atoms with E-state index < -0.39 is 0 Å². The van der Waals surface area contributed by atoms with E-state index in [-0.39, 0.29) is 11.6 Å². The molecular formula is C16H24ClNO. The Morgan fingerprint density at radius 1 is 1.26 bits per heavy atom. The highest BCUT2D eigenvalue weighted by Crippen LogP contribution is 2.33. The Hall–Kier alpha value is -0.570. The summed E-state index contributed by atoms with van der Waals surface area (Å²) in [5.74, 6) is 0. The van der Waals surface area contributed by atoms with Crippen molar-refractivity contribution in [1.29, 1.82) is 0 Å². The Morgan fingerprint density at radius 2 is 1.95 bits per heavy atom. The van der Waals surface area contributed by atoms with E-state index in [0.29, 0.717) is 0 Å². The third-order valence-corrected chi connectivity index (χ3v) is 4.61. The van der Waals surface area contributed by atoms with Crippen molar-refractivity contribution < 1.29 is 4.74 Å². The summed E-state index contributed by atoms with van der Waals surface area (Å²) in [6.45, 7) is 0. The molecule has 2 N–H and O–H groups in total. The van der Waals surface area contributed by atoms with E-state index in [1.807, 2.05) is 25.3 Å². The summed E-state index contributed by atoms with van der Waals surface area (Å²) in [5, 5.41) is 0.775. The van der Waals surface area contributed by atoms with Crippen molar-refractivity contribution >= 4 is 11.6 Å². The van der Waals surface area contributed by atoms with Gasteiger partial charge in [0.15, 0.2) is 0 Å². The number of benzene rings is 1. The first-order chi connectivity index (χ1) is 9.16. The van der Waals surface area contributed by atoms with E-state index in [0.717, 1.165) is 24.3 Å². The van der Waals surface area contributed by atoms with Crippen LogP contribution >= 0.6 is 11.6 Å². The molecule has 0 spiro atoms. The highest BCUT2D eigenvalue weighted by Gasteiger charge is 2.36. The molecule has 1 fully saturated rings. The van der Waals surface area contributed by atoms with Crippen molar-refractivity contribution in [3.05, 3.63) is 34.9 Å². The molecule has 1 aliphatic rings. The third-order valence-electron chi connectivity index (χ3n) is 4.38. The molecule has 19 heavy (non-hydrogen) atoms. The van der Waals surface area contributed by atoms with E-state index in [1.165, 1.54) is 31.2 Å². The zero-order valence-electron chi connectivity index (χ0n) is 11.7. The van der Waals surface area contributed by atoms with Crippen LogP contribution in [0.5, 0.6) is 0 Å². The smallest absolute Gasteiger partial charge is 0.0832 e. The number of hydrogen-bond donors (Lipinski definition) is 1. The van der Waals surface area contributed by atoms with Gasteiger partial charge in [-0.25, -0.2) is 0 Å². The van der Waals surface area contributed by atoms with Gasteiger partial charge >= 0.3 is 0 Å². The summed E-state index contributed by atoms with van der Waals surface area (Å²) >= 11 is 6.04. The molecule has 1 aromatic rings. The van der Waals surface area contributed by atoms with Gasteiger partial charge in [-0.15, -0.1) is 0 Å². The fourth-order valence-corrected chi connectivity index (χ4v) is 3.37. The van der Waals surface area contributed by atoms with Gasteiger partial charge in [-0.1, -0.05) is 49.4 Å². The number of nitrogens with two attached hydrogens (primary N) is 1. The van der Waals surface area contributed by atoms with Crippen molar-refractivity contribution in [3.8, 4) is 0 Å². The molecule has 1 aliphatic carbocycles. The van der Waals surface area contributed by atoms with Crippen LogP contribution < -0.4 is 5.73 Å². The van der Waals surface area contributed by atoms with Gasteiger partial charge in [0, 0.05) is 18.2 Å². The minimum atomic E-state index is -0.154. The quantitative estimate of drug-likeness (QED) is 0.848. The molecule has 2 rings (SSSR count). The average molecular weight is 282 g/mol. The van der Waals surface area contributed by atoms with Gasteiger partial charge < -0.3 is 10.5 Å². The maximum absolute atomic E-state index is 6.48. The third kappa shape index (κ3) is 3.71. The summed E-state index contributed by atoms with van der Waals surface area (Å²) in [4.78, 5) is 0. The first-order valence-corrected chi connectivity index (χ1v) is 7.59. The average Bonchev–Trinajstić information content (AvgIpc) is 2.65. The molecule has 1 saturated carbocycles. The number of ether oxygens (including phenoxy) is 1. The predicted molar refractivity (Wildman–Crippen MR) is 80.6 cm³/mol. The summed E-state index contributed by atoms with van der Waals surface area (Å²) in [7, 11) is 1.81. The Balaban J connectivity index is 2.09. The summed E-state index contributed by atoms with van der Waals surface area (Å²) in [5.41, 5.74) is 7.52. The SMILES string of the molecule is COC1(C(N)Cc2cccc(Cl)c2)CCCCCC1. The molecule has 0 saturated heterocycles. The Labute approximate surface area is 121 Å². The van der Waals surface area contributed by atoms with Crippen LogP contribution in [0.1, 0.15) is 44.1 Å². The highest BCUT2D eigenvalue weighted by molar-refractivity contribution is 6.30. The molecule has 1 unspecified atom stereocenters. The van der Waals surface area contributed by atoms with Crippen LogP contribution in [0, 0.1) is 0 Å². The molecule has 1 aromatic carbocycles. The van der Waals surface area contributed by atoms with Crippen LogP contribution in [-0.2, 0) is 11.2 Å². The predicted octanol–water partition coefficient (Wildman–Crippen LogP) is 3.95. The summed E-state index contributed by atoms with van der Waals surface area (Å²) in [6, 6.07) is 8.01. The van der Waals surface area contributed by atoms with E-state index in [4.69, 9.17) is 22.1 Å². The second-order valence-corrected chi connectivity index (χ2v) is 6.06. The van der Waals surface area contributed by atoms with Crippen LogP contribution in [0.15, 0.2) is 24.3 Å². The van der Waals surface area contributed by atoms with Crippen LogP contribution in [0.25, 0.3) is 0 Å². The summed E-state index contributed by atoms with van der Waals surface area (Å²) < 4.78 is 5.87. The first kappa shape index (κ1) is 14.8. The van der Waals surface area contributed by atoms with Crippen LogP contribution in [0.3, 0.4) is 0 Å². The molecule has 0 aromatic heterocycles. The number of rotatable bonds is 4. The van der Waals surface area contributed by atoms with Gasteiger partial charge in [-0.3, -0.25) is 0 Å². The second kappa shape index (κ2) is 6.74. The molecule has 0 bridgehead atoms. The van der Waals surface area contributed by atoms with Gasteiger partial charge in [-0.05, 0) is 37.0 Å². The number of halogens is 1. The van der Waals surface area contributed by atoms with Crippen LogP contribution in [0.4, 0.5) is 0 Å². The minimum Gasteiger partial charge on any atom is -0.377 e. The molecule has 2 nitrogen and oxygen atoms in total. The van der Waals surface area contributed by atoms with Gasteiger partial charge in [-0.2, -0.15) is 0 Å². The van der Waals surface area contributed by atoms with E-state index >= 15 is 0 Å². The lowest BCUT2D eigenvalue weighted by atomic mass is 9.83. The Bertz CT molecular complexity index is 399. The van der Waals surface area contributed by atoms with Crippen molar-refractivity contribution in [2.24, 2.45) is 5.73 Å². The molecule has 0 radical (unpaired) electrons. The normalized spacial score (nSPS) is 20.8. The maximum Gasteiger partial charge on any atom is 0.0832 e. The molecule has 0 amide bonds. The lowest BCUT2D eigenvalue weighted by Crippen LogP contribution is -2.50. The van der Waals surface area contributed by atoms with E-state index in [9.17, 15) is 0 Å². The standard InChI is InChI=1S/C16H24ClNO/c1-19-16(9-4-2-3-5-10-16)15(18)12-13-7-6-8-14(17)11-13/h6-8,11,15H,2-5,9-10,12,18H2,1H3. The largest absolute Gasteiger partial charge is 0.377 e. The molecular weight excluding hydrogens is 258 g/mol. The lowest BCUT2D eigenvalue weighted by molar-refractivity contribution is -0.0430. The molecule has 1 atom stereocenters. The molecule has 106 valence electrons. The number of methoxy groups -OCH3 is 1. The zero-order valence-corrected chi connectivity index (χ0v) is 12.5. The number of hydrogen-bond acceptors (Lipinski definition) is 2. The Kier molecular flexibility index (Phi) is 5.26. The van der Waals surface area contributed by atoms with E-state index in [2.05, 4.69) is 6.07 Å². The first-order valence-electron chi connectivity index (χ1n) is 7.21. The van der Waals surface area contributed by atoms with E-state index in [1.54, 1.807) is 0 Å².